The third kappa shape index (κ3) is 2.37. The van der Waals surface area contributed by atoms with Crippen molar-refractivity contribution in [1.29, 1.82) is 5.26 Å². The Morgan fingerprint density at radius 1 is 1.41 bits per heavy atom. The average molecular weight is 229 g/mol. The van der Waals surface area contributed by atoms with Crippen LogP contribution >= 0.6 is 0 Å². The van der Waals surface area contributed by atoms with E-state index in [4.69, 9.17) is 5.26 Å². The second-order valence-electron chi connectivity index (χ2n) is 3.45. The van der Waals surface area contributed by atoms with Crippen LogP contribution in [-0.4, -0.2) is 9.78 Å². The normalized spacial score (nSPS) is 9.88. The van der Waals surface area contributed by atoms with Crippen molar-refractivity contribution >= 4 is 0 Å². The molecule has 0 amide bonds. The van der Waals surface area contributed by atoms with E-state index in [0.717, 1.165) is 0 Å². The molecule has 0 fully saturated rings. The molecule has 0 saturated carbocycles. The van der Waals surface area contributed by atoms with Gasteiger partial charge in [-0.2, -0.15) is 10.4 Å². The van der Waals surface area contributed by atoms with E-state index in [0.29, 0.717) is 5.56 Å². The predicted molar refractivity (Wildman–Crippen MR) is 58.7 cm³/mol. The first-order valence-electron chi connectivity index (χ1n) is 4.91. The minimum absolute atomic E-state index is 0.0357. The Morgan fingerprint density at radius 3 is 2.94 bits per heavy atom. The van der Waals surface area contributed by atoms with E-state index < -0.39 is 5.82 Å². The summed E-state index contributed by atoms with van der Waals surface area (Å²) >= 11 is 0. The SMILES string of the molecule is N#Cc1cc(Cn2ncccc2=O)ccc1F. The molecule has 5 heteroatoms. The fourth-order valence-electron chi connectivity index (χ4n) is 1.44. The molecule has 4 nitrogen and oxygen atoms in total. The van der Waals surface area contributed by atoms with Crippen molar-refractivity contribution in [2.75, 3.05) is 0 Å². The number of halogens is 1. The number of aromatic nitrogens is 2. The van der Waals surface area contributed by atoms with Gasteiger partial charge in [0.25, 0.3) is 5.56 Å². The Morgan fingerprint density at radius 2 is 2.24 bits per heavy atom. The molecule has 17 heavy (non-hydrogen) atoms. The fourth-order valence-corrected chi connectivity index (χ4v) is 1.44. The Kier molecular flexibility index (Phi) is 2.97. The molecule has 0 aliphatic carbocycles. The van der Waals surface area contributed by atoms with E-state index in [-0.39, 0.29) is 17.7 Å². The minimum Gasteiger partial charge on any atom is -0.268 e. The lowest BCUT2D eigenvalue weighted by molar-refractivity contribution is 0.615. The van der Waals surface area contributed by atoms with Gasteiger partial charge in [0.2, 0.25) is 0 Å². The molecule has 0 radical (unpaired) electrons. The number of nitrogens with zero attached hydrogens (tertiary/aromatic N) is 3. The quantitative estimate of drug-likeness (QED) is 0.779. The van der Waals surface area contributed by atoms with Gasteiger partial charge in [0.05, 0.1) is 12.1 Å². The van der Waals surface area contributed by atoms with Gasteiger partial charge in [-0.1, -0.05) is 6.07 Å². The summed E-state index contributed by atoms with van der Waals surface area (Å²) in [5.74, 6) is -0.565. The van der Waals surface area contributed by atoms with Gasteiger partial charge in [-0.25, -0.2) is 9.07 Å². The van der Waals surface area contributed by atoms with Gasteiger partial charge in [0, 0.05) is 12.3 Å². The molecule has 0 aliphatic rings. The standard InChI is InChI=1S/C12H8FN3O/c13-11-4-3-9(6-10(11)7-14)8-16-12(17)2-1-5-15-16/h1-6H,8H2. The van der Waals surface area contributed by atoms with Crippen LogP contribution in [0.1, 0.15) is 11.1 Å². The van der Waals surface area contributed by atoms with E-state index >= 15 is 0 Å². The van der Waals surface area contributed by atoms with Crippen molar-refractivity contribution in [1.82, 2.24) is 9.78 Å². The molecule has 0 atom stereocenters. The highest BCUT2D eigenvalue weighted by Crippen LogP contribution is 2.09. The zero-order chi connectivity index (χ0) is 12.3. The van der Waals surface area contributed by atoms with Gasteiger partial charge in [-0.15, -0.1) is 0 Å². The lowest BCUT2D eigenvalue weighted by Crippen LogP contribution is -2.21. The molecule has 2 aromatic rings. The second-order valence-corrected chi connectivity index (χ2v) is 3.45. The van der Waals surface area contributed by atoms with Crippen molar-refractivity contribution in [3.8, 4) is 6.07 Å². The van der Waals surface area contributed by atoms with Gasteiger partial charge in [0.15, 0.2) is 0 Å². The van der Waals surface area contributed by atoms with Gasteiger partial charge in [-0.05, 0) is 23.8 Å². The highest BCUT2D eigenvalue weighted by molar-refractivity contribution is 5.34. The van der Waals surface area contributed by atoms with Crippen molar-refractivity contribution < 1.29 is 4.39 Å². The zero-order valence-corrected chi connectivity index (χ0v) is 8.80. The minimum atomic E-state index is -0.565. The van der Waals surface area contributed by atoms with Crippen LogP contribution in [0.2, 0.25) is 0 Å². The topological polar surface area (TPSA) is 58.7 Å². The molecular formula is C12H8FN3O. The van der Waals surface area contributed by atoms with Crippen molar-refractivity contribution in [3.05, 3.63) is 63.8 Å². The third-order valence-electron chi connectivity index (χ3n) is 2.27. The maximum Gasteiger partial charge on any atom is 0.267 e. The van der Waals surface area contributed by atoms with Crippen molar-refractivity contribution in [3.63, 3.8) is 0 Å². The maximum absolute atomic E-state index is 13.1. The van der Waals surface area contributed by atoms with Crippen LogP contribution in [0.3, 0.4) is 0 Å². The van der Waals surface area contributed by atoms with Gasteiger partial charge >= 0.3 is 0 Å². The molecule has 1 aromatic carbocycles. The fraction of sp³-hybridized carbons (Fsp3) is 0.0833. The largest absolute Gasteiger partial charge is 0.268 e. The summed E-state index contributed by atoms with van der Waals surface area (Å²) in [6.07, 6.45) is 1.50. The van der Waals surface area contributed by atoms with E-state index in [1.54, 1.807) is 12.1 Å². The van der Waals surface area contributed by atoms with E-state index in [1.807, 2.05) is 0 Å². The Bertz CT molecular complexity index is 643. The van der Waals surface area contributed by atoms with Crippen LogP contribution in [-0.2, 0) is 6.54 Å². The summed E-state index contributed by atoms with van der Waals surface area (Å²) in [4.78, 5) is 11.4. The molecule has 1 aromatic heterocycles. The number of nitriles is 1. The molecule has 0 bridgehead atoms. The molecule has 84 valence electrons. The second kappa shape index (κ2) is 4.58. The zero-order valence-electron chi connectivity index (χ0n) is 8.80. The first-order chi connectivity index (χ1) is 8.20. The summed E-state index contributed by atoms with van der Waals surface area (Å²) in [5, 5.41) is 12.6. The highest BCUT2D eigenvalue weighted by Gasteiger charge is 2.04. The number of benzene rings is 1. The Hall–Kier alpha value is -2.48. The predicted octanol–water partition coefficient (Wildman–Crippen LogP) is 1.30. The lowest BCUT2D eigenvalue weighted by Gasteiger charge is -2.04. The molecule has 0 spiro atoms. The van der Waals surface area contributed by atoms with Crippen LogP contribution in [0.25, 0.3) is 0 Å². The number of hydrogen-bond donors (Lipinski definition) is 0. The van der Waals surface area contributed by atoms with E-state index in [2.05, 4.69) is 5.10 Å². The first-order valence-corrected chi connectivity index (χ1v) is 4.91. The molecule has 0 aliphatic heterocycles. The van der Waals surface area contributed by atoms with E-state index in [9.17, 15) is 9.18 Å². The van der Waals surface area contributed by atoms with Crippen LogP contribution < -0.4 is 5.56 Å². The van der Waals surface area contributed by atoms with E-state index in [1.165, 1.54) is 35.1 Å². The summed E-state index contributed by atoms with van der Waals surface area (Å²) in [5.41, 5.74) is 0.380. The van der Waals surface area contributed by atoms with Crippen molar-refractivity contribution in [2.45, 2.75) is 6.54 Å². The van der Waals surface area contributed by atoms with Gasteiger partial charge < -0.3 is 0 Å². The molecule has 0 unspecified atom stereocenters. The smallest absolute Gasteiger partial charge is 0.267 e. The number of rotatable bonds is 2. The third-order valence-corrected chi connectivity index (χ3v) is 2.27. The summed E-state index contributed by atoms with van der Waals surface area (Å²) in [6, 6.07) is 8.84. The molecule has 2 rings (SSSR count). The van der Waals surface area contributed by atoms with Crippen molar-refractivity contribution in [2.24, 2.45) is 0 Å². The molecule has 0 saturated heterocycles. The molecular weight excluding hydrogens is 221 g/mol. The number of hydrogen-bond acceptors (Lipinski definition) is 3. The van der Waals surface area contributed by atoms with Crippen LogP contribution in [0, 0.1) is 17.1 Å². The Labute approximate surface area is 96.6 Å². The highest BCUT2D eigenvalue weighted by atomic mass is 19.1. The molecule has 1 heterocycles. The van der Waals surface area contributed by atoms with Gasteiger partial charge in [-0.3, -0.25) is 4.79 Å². The first kappa shape index (κ1) is 11.0. The summed E-state index contributed by atoms with van der Waals surface area (Å²) in [6.45, 7) is 0.217. The van der Waals surface area contributed by atoms with Gasteiger partial charge in [0.1, 0.15) is 11.9 Å². The Balaban J connectivity index is 2.35. The maximum atomic E-state index is 13.1. The summed E-state index contributed by atoms with van der Waals surface area (Å²) < 4.78 is 14.3. The lowest BCUT2D eigenvalue weighted by atomic mass is 10.1. The van der Waals surface area contributed by atoms with Crippen LogP contribution in [0.5, 0.6) is 0 Å². The van der Waals surface area contributed by atoms with Crippen LogP contribution in [0.15, 0.2) is 41.3 Å². The molecule has 0 N–H and O–H groups in total. The monoisotopic (exact) mass is 229 g/mol. The average Bonchev–Trinajstić information content (AvgIpc) is 2.34. The van der Waals surface area contributed by atoms with Crippen LogP contribution in [0.4, 0.5) is 4.39 Å². The summed E-state index contributed by atoms with van der Waals surface area (Å²) in [7, 11) is 0.